The average molecular weight is 295 g/mol. The molecule has 0 saturated heterocycles. The van der Waals surface area contributed by atoms with E-state index in [-0.39, 0.29) is 35.6 Å². The summed E-state index contributed by atoms with van der Waals surface area (Å²) in [6.07, 6.45) is 8.67. The van der Waals surface area contributed by atoms with Crippen LogP contribution in [0, 0.1) is 48.0 Å². The molecular formula is C10H8LaN2-2. The van der Waals surface area contributed by atoms with E-state index in [9.17, 15) is 0 Å². The van der Waals surface area contributed by atoms with Crippen LogP contribution in [0.1, 0.15) is 0 Å². The largest absolute Gasteiger partial charge is 0.394 e. The van der Waals surface area contributed by atoms with Crippen molar-refractivity contribution in [2.45, 2.75) is 0 Å². The Morgan fingerprint density at radius 2 is 1.15 bits per heavy atom. The maximum atomic E-state index is 3.66. The molecule has 3 heteroatoms. The van der Waals surface area contributed by atoms with Gasteiger partial charge < -0.3 is 9.97 Å². The molecule has 2 nitrogen and oxygen atoms in total. The molecule has 2 aromatic rings. The van der Waals surface area contributed by atoms with Crippen LogP contribution in [-0.2, 0) is 0 Å². The molecule has 0 aromatic carbocycles. The van der Waals surface area contributed by atoms with Crippen LogP contribution >= 0.6 is 0 Å². The van der Waals surface area contributed by atoms with Gasteiger partial charge in [-0.25, -0.2) is 0 Å². The Morgan fingerprint density at radius 3 is 1.23 bits per heavy atom. The van der Waals surface area contributed by atoms with Crippen LogP contribution in [0.3, 0.4) is 0 Å². The SMILES string of the molecule is [La].[c-]1ccccn1.[c-]1ccccn1. The van der Waals surface area contributed by atoms with Crippen LogP contribution in [0.15, 0.2) is 48.8 Å². The fourth-order valence-electron chi connectivity index (χ4n) is 0.555. The number of nitrogens with zero attached hydrogens (tertiary/aromatic N) is 2. The molecule has 63 valence electrons. The Labute approximate surface area is 106 Å². The molecule has 0 amide bonds. The van der Waals surface area contributed by atoms with Gasteiger partial charge in [0.1, 0.15) is 0 Å². The smallest absolute Gasteiger partial charge is 0 e. The first kappa shape index (κ1) is 12.5. The van der Waals surface area contributed by atoms with Crippen molar-refractivity contribution < 1.29 is 35.6 Å². The predicted molar refractivity (Wildman–Crippen MR) is 46.1 cm³/mol. The second kappa shape index (κ2) is 9.58. The number of hydrogen-bond acceptors (Lipinski definition) is 2. The second-order valence-electron chi connectivity index (χ2n) is 1.92. The molecule has 0 atom stereocenters. The zero-order chi connectivity index (χ0) is 8.49. The number of pyridine rings is 2. The summed E-state index contributed by atoms with van der Waals surface area (Å²) >= 11 is 0. The Morgan fingerprint density at radius 1 is 0.692 bits per heavy atom. The fraction of sp³-hybridized carbons (Fsp3) is 0. The van der Waals surface area contributed by atoms with Crippen molar-refractivity contribution in [1.82, 2.24) is 9.97 Å². The fourth-order valence-corrected chi connectivity index (χ4v) is 0.555. The molecule has 0 bridgehead atoms. The van der Waals surface area contributed by atoms with Crippen molar-refractivity contribution in [2.24, 2.45) is 0 Å². The Bertz CT molecular complexity index is 188. The normalized spacial score (nSPS) is 7.38. The van der Waals surface area contributed by atoms with Gasteiger partial charge in [-0.3, -0.25) is 0 Å². The van der Waals surface area contributed by atoms with Crippen molar-refractivity contribution in [1.29, 1.82) is 0 Å². The minimum absolute atomic E-state index is 0. The minimum Gasteiger partial charge on any atom is -0.394 e. The van der Waals surface area contributed by atoms with Gasteiger partial charge in [-0.05, 0) is 0 Å². The predicted octanol–water partition coefficient (Wildman–Crippen LogP) is 1.76. The van der Waals surface area contributed by atoms with Crippen LogP contribution in [0.5, 0.6) is 0 Å². The Kier molecular flexibility index (Phi) is 9.21. The summed E-state index contributed by atoms with van der Waals surface area (Å²) in [5.41, 5.74) is 0. The summed E-state index contributed by atoms with van der Waals surface area (Å²) in [4.78, 5) is 7.32. The summed E-state index contributed by atoms with van der Waals surface area (Å²) in [6, 6.07) is 11.0. The molecule has 0 saturated carbocycles. The van der Waals surface area contributed by atoms with Gasteiger partial charge in [0.15, 0.2) is 0 Å². The molecule has 0 aliphatic carbocycles. The van der Waals surface area contributed by atoms with E-state index in [0.717, 1.165) is 0 Å². The van der Waals surface area contributed by atoms with E-state index in [0.29, 0.717) is 0 Å². The van der Waals surface area contributed by atoms with Crippen LogP contribution in [0.25, 0.3) is 0 Å². The van der Waals surface area contributed by atoms with Gasteiger partial charge in [0, 0.05) is 35.6 Å². The molecule has 0 fully saturated rings. The third kappa shape index (κ3) is 7.84. The molecule has 0 aliphatic rings. The summed E-state index contributed by atoms with van der Waals surface area (Å²) in [5, 5.41) is 0. The quantitative estimate of drug-likeness (QED) is 0.692. The van der Waals surface area contributed by atoms with Crippen LogP contribution in [0.2, 0.25) is 0 Å². The first-order chi connectivity index (χ1) is 6.00. The topological polar surface area (TPSA) is 25.8 Å². The zero-order valence-electron chi connectivity index (χ0n) is 7.09. The van der Waals surface area contributed by atoms with E-state index >= 15 is 0 Å². The van der Waals surface area contributed by atoms with E-state index < -0.39 is 0 Å². The third-order valence-corrected chi connectivity index (χ3v) is 1.03. The standard InChI is InChI=1S/2C5H4N.La/c2*1-2-4-6-5-3-1;/h2*1-4H;/q2*-1;. The molecule has 0 aliphatic heterocycles. The molecule has 0 spiro atoms. The first-order valence-electron chi connectivity index (χ1n) is 3.54. The Hall–Kier alpha value is -0.505. The molecule has 2 heterocycles. The van der Waals surface area contributed by atoms with Crippen LogP contribution in [-0.4, -0.2) is 9.97 Å². The number of rotatable bonds is 0. The maximum absolute atomic E-state index is 3.66. The molecular weight excluding hydrogens is 287 g/mol. The van der Waals surface area contributed by atoms with E-state index in [1.165, 1.54) is 0 Å². The number of aromatic nitrogens is 2. The van der Waals surface area contributed by atoms with Gasteiger partial charge in [-0.2, -0.15) is 36.4 Å². The van der Waals surface area contributed by atoms with Crippen molar-refractivity contribution in [3.63, 3.8) is 0 Å². The van der Waals surface area contributed by atoms with Gasteiger partial charge in [0.05, 0.1) is 0 Å². The summed E-state index contributed by atoms with van der Waals surface area (Å²) in [5.74, 6) is 0. The van der Waals surface area contributed by atoms with Crippen molar-refractivity contribution >= 4 is 0 Å². The van der Waals surface area contributed by atoms with Crippen molar-refractivity contribution in [3.05, 3.63) is 61.2 Å². The van der Waals surface area contributed by atoms with Crippen molar-refractivity contribution in [3.8, 4) is 0 Å². The van der Waals surface area contributed by atoms with Crippen molar-refractivity contribution in [2.75, 3.05) is 0 Å². The number of hydrogen-bond donors (Lipinski definition) is 0. The molecule has 2 rings (SSSR count). The van der Waals surface area contributed by atoms with Gasteiger partial charge in [0.2, 0.25) is 0 Å². The van der Waals surface area contributed by atoms with E-state index in [4.69, 9.17) is 0 Å². The Balaban J connectivity index is 0.000000206. The van der Waals surface area contributed by atoms with E-state index in [2.05, 4.69) is 22.4 Å². The molecule has 2 aromatic heterocycles. The van der Waals surface area contributed by atoms with Crippen LogP contribution < -0.4 is 0 Å². The average Bonchev–Trinajstić information content (AvgIpc) is 2.24. The maximum Gasteiger partial charge on any atom is 0 e. The summed E-state index contributed by atoms with van der Waals surface area (Å²) < 4.78 is 0. The summed E-state index contributed by atoms with van der Waals surface area (Å²) in [7, 11) is 0. The van der Waals surface area contributed by atoms with Gasteiger partial charge in [0.25, 0.3) is 0 Å². The van der Waals surface area contributed by atoms with Gasteiger partial charge in [-0.15, -0.1) is 0 Å². The third-order valence-electron chi connectivity index (χ3n) is 1.03. The second-order valence-corrected chi connectivity index (χ2v) is 1.92. The first-order valence-corrected chi connectivity index (χ1v) is 3.54. The molecule has 0 unspecified atom stereocenters. The molecule has 0 N–H and O–H groups in total. The van der Waals surface area contributed by atoms with Gasteiger partial charge >= 0.3 is 0 Å². The summed E-state index contributed by atoms with van der Waals surface area (Å²) in [6.45, 7) is 0. The monoisotopic (exact) mass is 295 g/mol. The van der Waals surface area contributed by atoms with Crippen LogP contribution in [0.4, 0.5) is 0 Å². The molecule has 1 radical (unpaired) electrons. The molecule has 13 heavy (non-hydrogen) atoms. The minimum atomic E-state index is 0. The van der Waals surface area contributed by atoms with E-state index in [1.54, 1.807) is 24.5 Å². The van der Waals surface area contributed by atoms with E-state index in [1.807, 2.05) is 24.3 Å². The zero-order valence-corrected chi connectivity index (χ0v) is 10.7. The van der Waals surface area contributed by atoms with Gasteiger partial charge in [-0.1, -0.05) is 24.8 Å².